The number of halogens is 1. The van der Waals surface area contributed by atoms with Crippen LogP contribution in [0.4, 0.5) is 0 Å². The lowest BCUT2D eigenvalue weighted by Gasteiger charge is -1.98. The number of benzene rings is 3. The lowest BCUT2D eigenvalue weighted by atomic mass is 10.1. The van der Waals surface area contributed by atoms with Gasteiger partial charge in [-0.05, 0) is 16.7 Å². The molecule has 0 fully saturated rings. The first-order valence-electron chi connectivity index (χ1n) is 6.60. The first-order chi connectivity index (χ1) is 9.90. The van der Waals surface area contributed by atoms with Gasteiger partial charge in [0.15, 0.2) is 0 Å². The summed E-state index contributed by atoms with van der Waals surface area (Å²) in [4.78, 5) is 0. The fourth-order valence-corrected chi connectivity index (χ4v) is 2.20. The molecule has 0 aromatic heterocycles. The Hall–Kier alpha value is -1.86. The van der Waals surface area contributed by atoms with Gasteiger partial charge in [-0.25, -0.2) is 0 Å². The Morgan fingerprint density at radius 3 is 1.15 bits per heavy atom. The van der Waals surface area contributed by atoms with Gasteiger partial charge in [-0.15, -0.1) is 0 Å². The van der Waals surface area contributed by atoms with Crippen LogP contribution in [0, 0.1) is 0 Å². The summed E-state index contributed by atoms with van der Waals surface area (Å²) in [5.74, 6) is 0. The van der Waals surface area contributed by atoms with E-state index in [1.807, 2.05) is 30.3 Å². The molecule has 0 atom stereocenters. The van der Waals surface area contributed by atoms with Crippen molar-refractivity contribution in [3.8, 4) is 11.1 Å². The molecule has 3 aromatic carbocycles. The van der Waals surface area contributed by atoms with Crippen LogP contribution >= 0.6 is 15.9 Å². The Bertz CT molecular complexity index is 551. The van der Waals surface area contributed by atoms with Crippen molar-refractivity contribution < 1.29 is 0 Å². The van der Waals surface area contributed by atoms with Gasteiger partial charge in [0.25, 0.3) is 0 Å². The molecule has 0 heterocycles. The second-order valence-electron chi connectivity index (χ2n) is 4.35. The second kappa shape index (κ2) is 8.34. The monoisotopic (exact) mass is 324 g/mol. The van der Waals surface area contributed by atoms with Gasteiger partial charge in [-0.3, -0.25) is 0 Å². The second-order valence-corrected chi connectivity index (χ2v) is 4.91. The highest BCUT2D eigenvalue weighted by molar-refractivity contribution is 9.08. The van der Waals surface area contributed by atoms with E-state index in [2.05, 4.69) is 76.6 Å². The van der Waals surface area contributed by atoms with Gasteiger partial charge in [0.05, 0.1) is 0 Å². The highest BCUT2D eigenvalue weighted by atomic mass is 79.9. The van der Waals surface area contributed by atoms with E-state index in [4.69, 9.17) is 0 Å². The van der Waals surface area contributed by atoms with Gasteiger partial charge in [0.1, 0.15) is 0 Å². The van der Waals surface area contributed by atoms with Gasteiger partial charge in [-0.2, -0.15) is 0 Å². The molecule has 0 aliphatic heterocycles. The van der Waals surface area contributed by atoms with Crippen molar-refractivity contribution in [1.29, 1.82) is 0 Å². The third-order valence-corrected chi connectivity index (χ3v) is 3.53. The maximum atomic E-state index is 3.36. The zero-order valence-electron chi connectivity index (χ0n) is 11.2. The molecule has 3 rings (SSSR count). The van der Waals surface area contributed by atoms with Crippen molar-refractivity contribution in [3.05, 3.63) is 96.6 Å². The van der Waals surface area contributed by atoms with Crippen LogP contribution < -0.4 is 0 Å². The summed E-state index contributed by atoms with van der Waals surface area (Å²) in [6.07, 6.45) is 0. The lowest BCUT2D eigenvalue weighted by Crippen LogP contribution is -1.73. The lowest BCUT2D eigenvalue weighted by molar-refractivity contribution is 1.44. The highest BCUT2D eigenvalue weighted by Gasteiger charge is 1.91. The van der Waals surface area contributed by atoms with E-state index in [0.29, 0.717) is 0 Å². The number of hydrogen-bond acceptors (Lipinski definition) is 0. The molecule has 0 saturated carbocycles. The largest absolute Gasteiger partial charge is 0.0876 e. The molecule has 0 unspecified atom stereocenters. The minimum absolute atomic E-state index is 0.952. The van der Waals surface area contributed by atoms with E-state index in [1.165, 1.54) is 16.7 Å². The zero-order valence-corrected chi connectivity index (χ0v) is 12.8. The third kappa shape index (κ3) is 4.67. The van der Waals surface area contributed by atoms with Gasteiger partial charge >= 0.3 is 0 Å². The van der Waals surface area contributed by atoms with Crippen LogP contribution in [0.25, 0.3) is 11.1 Å². The summed E-state index contributed by atoms with van der Waals surface area (Å²) in [6, 6.07) is 31.1. The molecule has 0 saturated heterocycles. The minimum atomic E-state index is 0.952. The first-order valence-corrected chi connectivity index (χ1v) is 7.72. The maximum Gasteiger partial charge on any atom is 0.0283 e. The van der Waals surface area contributed by atoms with E-state index in [1.54, 1.807) is 0 Å². The quantitative estimate of drug-likeness (QED) is 0.512. The molecule has 0 aliphatic rings. The summed E-state index contributed by atoms with van der Waals surface area (Å²) < 4.78 is 0. The van der Waals surface area contributed by atoms with Crippen LogP contribution in [0.2, 0.25) is 0 Å². The fourth-order valence-electron chi connectivity index (χ4n) is 1.83. The summed E-state index contributed by atoms with van der Waals surface area (Å²) in [5, 5.41) is 0.952. The van der Waals surface area contributed by atoms with Crippen molar-refractivity contribution in [1.82, 2.24) is 0 Å². The Kier molecular flexibility index (Phi) is 6.07. The molecule has 0 radical (unpaired) electrons. The average Bonchev–Trinajstić information content (AvgIpc) is 2.58. The number of rotatable bonds is 2. The van der Waals surface area contributed by atoms with E-state index >= 15 is 0 Å². The SMILES string of the molecule is BrCc1ccccc1.c1ccc(-c2ccccc2)cc1. The summed E-state index contributed by atoms with van der Waals surface area (Å²) in [6.45, 7) is 0. The number of alkyl halides is 1. The third-order valence-electron chi connectivity index (χ3n) is 2.88. The van der Waals surface area contributed by atoms with Gasteiger partial charge in [-0.1, -0.05) is 107 Å². The fraction of sp³-hybridized carbons (Fsp3) is 0.0526. The van der Waals surface area contributed by atoms with Crippen molar-refractivity contribution >= 4 is 15.9 Å². The molecular formula is C19H17Br. The maximum absolute atomic E-state index is 3.36. The van der Waals surface area contributed by atoms with Gasteiger partial charge < -0.3 is 0 Å². The molecule has 1 heteroatoms. The predicted octanol–water partition coefficient (Wildman–Crippen LogP) is 5.94. The Balaban J connectivity index is 0.000000160. The van der Waals surface area contributed by atoms with Crippen molar-refractivity contribution in [2.24, 2.45) is 0 Å². The Morgan fingerprint density at radius 1 is 0.500 bits per heavy atom. The van der Waals surface area contributed by atoms with E-state index in [9.17, 15) is 0 Å². The Labute approximate surface area is 129 Å². The molecule has 0 bridgehead atoms. The molecule has 3 aromatic rings. The summed E-state index contributed by atoms with van der Waals surface area (Å²) in [5.41, 5.74) is 3.88. The standard InChI is InChI=1S/C12H10.C7H7Br/c1-3-7-11(8-4-1)12-9-5-2-6-10-12;8-6-7-4-2-1-3-5-7/h1-10H;1-5H,6H2. The molecule has 0 spiro atoms. The molecule has 0 amide bonds. The van der Waals surface area contributed by atoms with Crippen LogP contribution in [-0.4, -0.2) is 0 Å². The molecule has 100 valence electrons. The summed E-state index contributed by atoms with van der Waals surface area (Å²) in [7, 11) is 0. The normalized spacial score (nSPS) is 9.45. The van der Waals surface area contributed by atoms with Crippen molar-refractivity contribution in [2.45, 2.75) is 5.33 Å². The van der Waals surface area contributed by atoms with Gasteiger partial charge in [0.2, 0.25) is 0 Å². The van der Waals surface area contributed by atoms with Crippen molar-refractivity contribution in [3.63, 3.8) is 0 Å². The van der Waals surface area contributed by atoms with E-state index in [-0.39, 0.29) is 0 Å². The minimum Gasteiger partial charge on any atom is -0.0876 e. The molecule has 20 heavy (non-hydrogen) atoms. The molecule has 0 N–H and O–H groups in total. The molecule has 0 aliphatic carbocycles. The van der Waals surface area contributed by atoms with Crippen LogP contribution in [0.1, 0.15) is 5.56 Å². The van der Waals surface area contributed by atoms with E-state index < -0.39 is 0 Å². The van der Waals surface area contributed by atoms with E-state index in [0.717, 1.165) is 5.33 Å². The van der Waals surface area contributed by atoms with Crippen LogP contribution in [-0.2, 0) is 5.33 Å². The predicted molar refractivity (Wildman–Crippen MR) is 91.0 cm³/mol. The highest BCUT2D eigenvalue weighted by Crippen LogP contribution is 2.17. The molecular weight excluding hydrogens is 308 g/mol. The number of hydrogen-bond donors (Lipinski definition) is 0. The zero-order chi connectivity index (χ0) is 14.0. The molecule has 0 nitrogen and oxygen atoms in total. The van der Waals surface area contributed by atoms with Gasteiger partial charge in [0, 0.05) is 5.33 Å². The first kappa shape index (κ1) is 14.5. The van der Waals surface area contributed by atoms with Crippen LogP contribution in [0.15, 0.2) is 91.0 Å². The van der Waals surface area contributed by atoms with Crippen LogP contribution in [0.3, 0.4) is 0 Å². The van der Waals surface area contributed by atoms with Crippen LogP contribution in [0.5, 0.6) is 0 Å². The van der Waals surface area contributed by atoms with Crippen molar-refractivity contribution in [2.75, 3.05) is 0 Å². The summed E-state index contributed by atoms with van der Waals surface area (Å²) >= 11 is 3.36. The smallest absolute Gasteiger partial charge is 0.0283 e. The topological polar surface area (TPSA) is 0 Å². The Morgan fingerprint density at radius 2 is 0.850 bits per heavy atom. The average molecular weight is 325 g/mol.